The summed E-state index contributed by atoms with van der Waals surface area (Å²) >= 11 is -0.319. The third kappa shape index (κ3) is 3.94. The van der Waals surface area contributed by atoms with Gasteiger partial charge in [0.1, 0.15) is 0 Å². The van der Waals surface area contributed by atoms with Crippen molar-refractivity contribution in [2.75, 3.05) is 6.54 Å². The summed E-state index contributed by atoms with van der Waals surface area (Å²) in [7, 11) is 0. The fraction of sp³-hybridized carbons (Fsp3) is 0.200. The second kappa shape index (κ2) is 9.63. The van der Waals surface area contributed by atoms with Crippen LogP contribution in [0.1, 0.15) is 12.5 Å². The molecule has 0 aromatic heterocycles. The number of ether oxygens (including phenoxy) is 1. The van der Waals surface area contributed by atoms with Crippen LogP contribution in [0.5, 0.6) is 0 Å². The first-order valence-electron chi connectivity index (χ1n) is 12.0. The van der Waals surface area contributed by atoms with Gasteiger partial charge in [0.15, 0.2) is 0 Å². The van der Waals surface area contributed by atoms with Gasteiger partial charge in [0, 0.05) is 0 Å². The topological polar surface area (TPSA) is 46.6 Å². The van der Waals surface area contributed by atoms with Gasteiger partial charge in [0.2, 0.25) is 0 Å². The van der Waals surface area contributed by atoms with E-state index in [9.17, 15) is 9.59 Å². The summed E-state index contributed by atoms with van der Waals surface area (Å²) in [5.41, 5.74) is 1.24. The Morgan fingerprint density at radius 3 is 2.14 bits per heavy atom. The van der Waals surface area contributed by atoms with Crippen molar-refractivity contribution in [3.8, 4) is 0 Å². The number of rotatable bonds is 5. The first kappa shape index (κ1) is 23.7. The summed E-state index contributed by atoms with van der Waals surface area (Å²) in [6.45, 7) is 2.51. The Hall–Kier alpha value is -2.72. The molecule has 2 heterocycles. The second-order valence-corrected chi connectivity index (χ2v) is 14.0. The fourth-order valence-corrected chi connectivity index (χ4v) is 10.2. The van der Waals surface area contributed by atoms with Gasteiger partial charge in [-0.1, -0.05) is 0 Å². The monoisotopic (exact) mass is 607 g/mol. The molecule has 1 saturated heterocycles. The first-order valence-corrected chi connectivity index (χ1v) is 15.6. The number of nitrogens with zero attached hydrogens (tertiary/aromatic N) is 1. The van der Waals surface area contributed by atoms with Crippen molar-refractivity contribution in [2.24, 2.45) is 0 Å². The van der Waals surface area contributed by atoms with Gasteiger partial charge in [0.25, 0.3) is 0 Å². The molecule has 1 spiro atoms. The zero-order chi connectivity index (χ0) is 24.7. The van der Waals surface area contributed by atoms with Crippen LogP contribution in [0.25, 0.3) is 5.57 Å². The number of allylic oxidation sites excluding steroid dienone is 1. The zero-order valence-corrected chi connectivity index (χ0v) is 23.2. The predicted molar refractivity (Wildman–Crippen MR) is 144 cm³/mol. The van der Waals surface area contributed by atoms with Gasteiger partial charge in [-0.05, 0) is 0 Å². The second-order valence-electron chi connectivity index (χ2n) is 9.18. The fourth-order valence-electron chi connectivity index (χ4n) is 5.36. The van der Waals surface area contributed by atoms with E-state index in [1.54, 1.807) is 6.08 Å². The van der Waals surface area contributed by atoms with Crippen molar-refractivity contribution in [1.29, 1.82) is 0 Å². The number of morpholine rings is 1. The van der Waals surface area contributed by atoms with Crippen LogP contribution < -0.4 is 8.92 Å². The Morgan fingerprint density at radius 1 is 0.861 bits per heavy atom. The van der Waals surface area contributed by atoms with Crippen molar-refractivity contribution < 1.29 is 14.3 Å². The third-order valence-electron chi connectivity index (χ3n) is 6.85. The van der Waals surface area contributed by atoms with Crippen LogP contribution in [0.4, 0.5) is 0 Å². The molecule has 6 rings (SSSR count). The SMILES string of the molecule is CC1CN2C(=O)C([Se]c3ccccc3)=C(c3ccccc3)C23C=CC(=O)C([Se]c2ccccc2)C3O1. The van der Waals surface area contributed by atoms with Crippen molar-refractivity contribution in [2.45, 2.75) is 29.5 Å². The van der Waals surface area contributed by atoms with Gasteiger partial charge in [-0.15, -0.1) is 0 Å². The van der Waals surface area contributed by atoms with E-state index < -0.39 is 11.6 Å². The summed E-state index contributed by atoms with van der Waals surface area (Å²) in [6, 6.07) is 30.6. The number of carbonyl (C=O) groups excluding carboxylic acids is 2. The van der Waals surface area contributed by atoms with Crippen LogP contribution >= 0.6 is 0 Å². The van der Waals surface area contributed by atoms with Crippen LogP contribution in [0.3, 0.4) is 0 Å². The molecule has 0 bridgehead atoms. The van der Waals surface area contributed by atoms with Gasteiger partial charge in [-0.2, -0.15) is 0 Å². The number of hydrogen-bond donors (Lipinski definition) is 0. The average molecular weight is 605 g/mol. The van der Waals surface area contributed by atoms with E-state index in [2.05, 4.69) is 36.4 Å². The number of hydrogen-bond acceptors (Lipinski definition) is 3. The first-order chi connectivity index (χ1) is 17.6. The van der Waals surface area contributed by atoms with E-state index in [1.807, 2.05) is 72.5 Å². The number of ketones is 1. The molecule has 3 aromatic rings. The van der Waals surface area contributed by atoms with E-state index in [1.165, 1.54) is 0 Å². The average Bonchev–Trinajstić information content (AvgIpc) is 3.14. The molecular weight excluding hydrogens is 580 g/mol. The molecule has 2 aliphatic heterocycles. The summed E-state index contributed by atoms with van der Waals surface area (Å²) in [5.74, 6) is 0.160. The molecule has 1 aliphatic carbocycles. The molecular formula is C30H25NO3Se2. The summed E-state index contributed by atoms with van der Waals surface area (Å²) < 4.78 is 9.84. The molecule has 4 atom stereocenters. The quantitative estimate of drug-likeness (QED) is 0.421. The van der Waals surface area contributed by atoms with Crippen LogP contribution in [-0.4, -0.2) is 70.8 Å². The predicted octanol–water partition coefficient (Wildman–Crippen LogP) is 2.75. The Balaban J connectivity index is 1.55. The van der Waals surface area contributed by atoms with E-state index in [0.717, 1.165) is 24.5 Å². The molecule has 3 aliphatic rings. The van der Waals surface area contributed by atoms with Gasteiger partial charge in [0.05, 0.1) is 0 Å². The van der Waals surface area contributed by atoms with Gasteiger partial charge in [-0.25, -0.2) is 0 Å². The molecule has 6 heteroatoms. The Kier molecular flexibility index (Phi) is 6.33. The Bertz CT molecular complexity index is 1360. The molecule has 4 unspecified atom stereocenters. The van der Waals surface area contributed by atoms with Crippen molar-refractivity contribution in [1.82, 2.24) is 4.90 Å². The van der Waals surface area contributed by atoms with Crippen molar-refractivity contribution in [3.05, 3.63) is 113 Å². The van der Waals surface area contributed by atoms with Crippen molar-refractivity contribution in [3.63, 3.8) is 0 Å². The zero-order valence-electron chi connectivity index (χ0n) is 19.7. The summed E-state index contributed by atoms with van der Waals surface area (Å²) in [4.78, 5) is 29.3. The molecule has 4 nitrogen and oxygen atoms in total. The molecule has 180 valence electrons. The minimum absolute atomic E-state index is 0.0721. The van der Waals surface area contributed by atoms with Crippen LogP contribution in [-0.2, 0) is 14.3 Å². The maximum atomic E-state index is 14.2. The summed E-state index contributed by atoms with van der Waals surface area (Å²) in [6.07, 6.45) is 3.10. The van der Waals surface area contributed by atoms with E-state index >= 15 is 0 Å². The third-order valence-corrected chi connectivity index (χ3v) is 11.8. The molecule has 0 radical (unpaired) electrons. The molecule has 1 fully saturated rings. The Morgan fingerprint density at radius 2 is 1.47 bits per heavy atom. The summed E-state index contributed by atoms with van der Waals surface area (Å²) in [5, 5.41) is 0. The van der Waals surface area contributed by atoms with Crippen LogP contribution in [0.2, 0.25) is 4.82 Å². The molecule has 0 saturated carbocycles. The van der Waals surface area contributed by atoms with Crippen molar-refractivity contribution >= 4 is 56.1 Å². The molecule has 3 aromatic carbocycles. The number of benzene rings is 3. The van der Waals surface area contributed by atoms with Gasteiger partial charge in [-0.3, -0.25) is 0 Å². The molecule has 0 N–H and O–H groups in total. The Labute approximate surface area is 223 Å². The maximum absolute atomic E-state index is 14.2. The number of amides is 1. The van der Waals surface area contributed by atoms with E-state index in [4.69, 9.17) is 4.74 Å². The standard InChI is InChI=1S/C30H25NO3Se2/c1-20-19-31-29(33)27(36-23-15-9-4-10-16-23)25(21-11-5-2-6-12-21)30(31)18-17-24(32)26(28(30)34-20)35-22-13-7-3-8-14-22/h2-18,20,26,28H,19H2,1H3. The van der Waals surface area contributed by atoms with Gasteiger partial charge >= 0.3 is 225 Å². The molecule has 36 heavy (non-hydrogen) atoms. The normalized spacial score (nSPS) is 27.2. The van der Waals surface area contributed by atoms with Gasteiger partial charge < -0.3 is 0 Å². The van der Waals surface area contributed by atoms with E-state index in [-0.39, 0.29) is 52.5 Å². The van der Waals surface area contributed by atoms with E-state index in [0.29, 0.717) is 6.54 Å². The van der Waals surface area contributed by atoms with Crippen LogP contribution in [0, 0.1) is 0 Å². The van der Waals surface area contributed by atoms with Crippen LogP contribution in [0.15, 0.2) is 108 Å². The minimum atomic E-state index is -0.786. The number of carbonyl (C=O) groups is 2. The molecule has 1 amide bonds.